The van der Waals surface area contributed by atoms with E-state index < -0.39 is 9.84 Å². The summed E-state index contributed by atoms with van der Waals surface area (Å²) in [7, 11) is -1.39. The van der Waals surface area contributed by atoms with Crippen LogP contribution >= 0.6 is 11.8 Å². The maximum atomic E-state index is 12.0. The molecule has 0 bridgehead atoms. The van der Waals surface area contributed by atoms with Crippen LogP contribution in [0.2, 0.25) is 0 Å². The molecule has 2 heterocycles. The van der Waals surface area contributed by atoms with Crippen molar-refractivity contribution in [2.75, 3.05) is 23.5 Å². The van der Waals surface area contributed by atoms with E-state index in [0.29, 0.717) is 5.25 Å². The normalized spacial score (nSPS) is 26.2. The lowest BCUT2D eigenvalue weighted by molar-refractivity contribution is 0.415. The lowest BCUT2D eigenvalue weighted by atomic mass is 10.1. The predicted molar refractivity (Wildman–Crippen MR) is 91.9 cm³/mol. The molecule has 0 N–H and O–H groups in total. The van der Waals surface area contributed by atoms with Gasteiger partial charge in [-0.25, -0.2) is 8.42 Å². The summed E-state index contributed by atoms with van der Waals surface area (Å²) in [4.78, 5) is 6.74. The topological polar surface area (TPSA) is 59.0 Å². The summed E-state index contributed by atoms with van der Waals surface area (Å²) in [5.74, 6) is 1.04. The summed E-state index contributed by atoms with van der Waals surface area (Å²) in [5.41, 5.74) is 0.890. The molecule has 0 aromatic heterocycles. The van der Waals surface area contributed by atoms with Crippen LogP contribution in [-0.4, -0.2) is 49.5 Å². The monoisotopic (exact) mass is 340 g/mol. The van der Waals surface area contributed by atoms with Crippen LogP contribution in [0.1, 0.15) is 13.8 Å². The number of anilines is 1. The summed E-state index contributed by atoms with van der Waals surface area (Å²) in [6, 6.07) is 7.41. The van der Waals surface area contributed by atoms with Crippen molar-refractivity contribution < 1.29 is 13.2 Å². The SMILES string of the molecule is COc1ccccc1N1C(SC(C)C)=NC2CS(=O)(=O)CC21. The number of aliphatic imine (C=N–C) groups is 1. The van der Waals surface area contributed by atoms with E-state index in [1.165, 1.54) is 0 Å². The molecule has 0 saturated carbocycles. The first kappa shape index (κ1) is 15.7. The fourth-order valence-electron chi connectivity index (χ4n) is 2.93. The van der Waals surface area contributed by atoms with Gasteiger partial charge in [0.1, 0.15) is 5.75 Å². The summed E-state index contributed by atoms with van der Waals surface area (Å²) in [5, 5.41) is 1.27. The molecule has 2 unspecified atom stereocenters. The maximum Gasteiger partial charge on any atom is 0.164 e. The van der Waals surface area contributed by atoms with Crippen LogP contribution in [0.5, 0.6) is 5.75 Å². The number of para-hydroxylation sites is 2. The van der Waals surface area contributed by atoms with Crippen LogP contribution in [0.25, 0.3) is 0 Å². The van der Waals surface area contributed by atoms with Crippen molar-refractivity contribution in [3.8, 4) is 5.75 Å². The molecule has 1 aromatic carbocycles. The second kappa shape index (κ2) is 5.77. The van der Waals surface area contributed by atoms with E-state index in [9.17, 15) is 8.42 Å². The number of hydrogen-bond acceptors (Lipinski definition) is 6. The first-order valence-electron chi connectivity index (χ1n) is 7.28. The third kappa shape index (κ3) is 2.84. The molecule has 22 heavy (non-hydrogen) atoms. The van der Waals surface area contributed by atoms with Crippen LogP contribution < -0.4 is 9.64 Å². The average Bonchev–Trinajstić information content (AvgIpc) is 2.89. The number of benzene rings is 1. The molecule has 1 fully saturated rings. The number of methoxy groups -OCH3 is 1. The van der Waals surface area contributed by atoms with Crippen molar-refractivity contribution in [2.24, 2.45) is 4.99 Å². The first-order valence-corrected chi connectivity index (χ1v) is 9.98. The summed E-state index contributed by atoms with van der Waals surface area (Å²) in [6.45, 7) is 4.22. The van der Waals surface area contributed by atoms with Crippen LogP contribution in [0, 0.1) is 0 Å². The molecule has 0 radical (unpaired) electrons. The molecule has 1 saturated heterocycles. The minimum absolute atomic E-state index is 0.123. The predicted octanol–water partition coefficient (Wildman–Crippen LogP) is 2.18. The lowest BCUT2D eigenvalue weighted by Gasteiger charge is -2.28. The zero-order chi connectivity index (χ0) is 15.9. The van der Waals surface area contributed by atoms with Gasteiger partial charge in [-0.3, -0.25) is 4.99 Å². The summed E-state index contributed by atoms with van der Waals surface area (Å²) in [6.07, 6.45) is 0. The van der Waals surface area contributed by atoms with E-state index in [-0.39, 0.29) is 23.6 Å². The Morgan fingerprint density at radius 1 is 1.32 bits per heavy atom. The van der Waals surface area contributed by atoms with Gasteiger partial charge in [-0.15, -0.1) is 0 Å². The second-order valence-electron chi connectivity index (χ2n) is 5.83. The molecule has 2 aliphatic heterocycles. The van der Waals surface area contributed by atoms with Gasteiger partial charge in [0.15, 0.2) is 15.0 Å². The molecule has 0 spiro atoms. The van der Waals surface area contributed by atoms with E-state index in [2.05, 4.69) is 23.7 Å². The number of hydrogen-bond donors (Lipinski definition) is 0. The molecule has 2 atom stereocenters. The highest BCUT2D eigenvalue weighted by molar-refractivity contribution is 8.14. The molecule has 5 nitrogen and oxygen atoms in total. The van der Waals surface area contributed by atoms with Gasteiger partial charge in [-0.05, 0) is 12.1 Å². The maximum absolute atomic E-state index is 12.0. The number of fused-ring (bicyclic) bond motifs is 1. The average molecular weight is 340 g/mol. The summed E-state index contributed by atoms with van der Waals surface area (Å²) < 4.78 is 29.4. The van der Waals surface area contributed by atoms with Crippen molar-refractivity contribution in [3.05, 3.63) is 24.3 Å². The van der Waals surface area contributed by atoms with E-state index in [1.54, 1.807) is 18.9 Å². The zero-order valence-corrected chi connectivity index (χ0v) is 14.5. The van der Waals surface area contributed by atoms with Gasteiger partial charge in [0, 0.05) is 5.25 Å². The number of nitrogens with zero attached hydrogens (tertiary/aromatic N) is 2. The van der Waals surface area contributed by atoms with Crippen LogP contribution in [0.4, 0.5) is 5.69 Å². The highest BCUT2D eigenvalue weighted by Gasteiger charge is 2.47. The number of amidine groups is 1. The smallest absolute Gasteiger partial charge is 0.164 e. The van der Waals surface area contributed by atoms with E-state index >= 15 is 0 Å². The van der Waals surface area contributed by atoms with Gasteiger partial charge in [-0.1, -0.05) is 37.7 Å². The van der Waals surface area contributed by atoms with Gasteiger partial charge in [0.05, 0.1) is 36.4 Å². The van der Waals surface area contributed by atoms with Crippen molar-refractivity contribution >= 4 is 32.5 Å². The number of thioether (sulfide) groups is 1. The van der Waals surface area contributed by atoms with Crippen molar-refractivity contribution in [3.63, 3.8) is 0 Å². The van der Waals surface area contributed by atoms with E-state index in [1.807, 2.05) is 24.3 Å². The van der Waals surface area contributed by atoms with Gasteiger partial charge in [-0.2, -0.15) is 0 Å². The molecule has 2 aliphatic rings. The molecule has 0 amide bonds. The standard InChI is InChI=1S/C15H20N2O3S2/c1-10(2)21-15-16-11-8-22(18,19)9-13(11)17(15)12-6-4-5-7-14(12)20-3/h4-7,10-11,13H,8-9H2,1-3H3. The van der Waals surface area contributed by atoms with Crippen LogP contribution in [0.15, 0.2) is 29.3 Å². The molecular formula is C15H20N2O3S2. The number of sulfone groups is 1. The second-order valence-corrected chi connectivity index (χ2v) is 9.53. The fourth-order valence-corrected chi connectivity index (χ4v) is 5.74. The minimum Gasteiger partial charge on any atom is -0.495 e. The Hall–Kier alpha value is -1.21. The Labute approximate surface area is 135 Å². The Kier molecular flexibility index (Phi) is 4.11. The van der Waals surface area contributed by atoms with Crippen LogP contribution in [0.3, 0.4) is 0 Å². The van der Waals surface area contributed by atoms with E-state index in [0.717, 1.165) is 16.6 Å². The van der Waals surface area contributed by atoms with E-state index in [4.69, 9.17) is 4.74 Å². The Morgan fingerprint density at radius 3 is 2.73 bits per heavy atom. The highest BCUT2D eigenvalue weighted by Crippen LogP contribution is 2.39. The Bertz CT molecular complexity index is 700. The molecule has 120 valence electrons. The number of rotatable bonds is 3. The summed E-state index contributed by atoms with van der Waals surface area (Å²) >= 11 is 1.67. The van der Waals surface area contributed by atoms with Gasteiger partial charge >= 0.3 is 0 Å². The van der Waals surface area contributed by atoms with Crippen molar-refractivity contribution in [1.82, 2.24) is 0 Å². The highest BCUT2D eigenvalue weighted by atomic mass is 32.2. The Morgan fingerprint density at radius 2 is 2.05 bits per heavy atom. The fraction of sp³-hybridized carbons (Fsp3) is 0.533. The van der Waals surface area contributed by atoms with Gasteiger partial charge in [0.25, 0.3) is 0 Å². The van der Waals surface area contributed by atoms with Crippen LogP contribution in [-0.2, 0) is 9.84 Å². The molecule has 7 heteroatoms. The van der Waals surface area contributed by atoms with Gasteiger partial charge < -0.3 is 9.64 Å². The largest absolute Gasteiger partial charge is 0.495 e. The molecule has 0 aliphatic carbocycles. The number of ether oxygens (including phenoxy) is 1. The zero-order valence-electron chi connectivity index (χ0n) is 12.9. The first-order chi connectivity index (χ1) is 10.4. The minimum atomic E-state index is -3.02. The van der Waals surface area contributed by atoms with Gasteiger partial charge in [0.2, 0.25) is 0 Å². The third-order valence-electron chi connectivity index (χ3n) is 3.79. The molecule has 1 aromatic rings. The van der Waals surface area contributed by atoms with Crippen molar-refractivity contribution in [2.45, 2.75) is 31.2 Å². The quantitative estimate of drug-likeness (QED) is 0.844. The lowest BCUT2D eigenvalue weighted by Crippen LogP contribution is -2.39. The molecular weight excluding hydrogens is 320 g/mol. The third-order valence-corrected chi connectivity index (χ3v) is 6.48. The molecule has 3 rings (SSSR count). The van der Waals surface area contributed by atoms with Crippen molar-refractivity contribution in [1.29, 1.82) is 0 Å². The Balaban J connectivity index is 2.03.